The van der Waals surface area contributed by atoms with E-state index in [0.717, 1.165) is 38.3 Å². The number of aromatic nitrogens is 2. The van der Waals surface area contributed by atoms with E-state index in [9.17, 15) is 4.79 Å². The maximum Gasteiger partial charge on any atom is 0.339 e. The molecule has 5 nitrogen and oxygen atoms in total. The van der Waals surface area contributed by atoms with E-state index in [1.165, 1.54) is 6.20 Å². The van der Waals surface area contributed by atoms with Crippen LogP contribution >= 0.6 is 0 Å². The minimum atomic E-state index is -0.950. The van der Waals surface area contributed by atoms with Gasteiger partial charge in [0.25, 0.3) is 0 Å². The fourth-order valence-corrected chi connectivity index (χ4v) is 2.17. The SMILES string of the molecule is CCCc1nc(CC2CCOC2)ncc1C(=O)O. The molecule has 1 aliphatic rings. The Bertz CT molecular complexity index is 428. The van der Waals surface area contributed by atoms with E-state index in [1.54, 1.807) is 0 Å². The van der Waals surface area contributed by atoms with Gasteiger partial charge in [-0.1, -0.05) is 13.3 Å². The number of hydrogen-bond donors (Lipinski definition) is 1. The summed E-state index contributed by atoms with van der Waals surface area (Å²) in [5.41, 5.74) is 0.872. The molecule has 1 N–H and O–H groups in total. The van der Waals surface area contributed by atoms with Crippen LogP contribution in [0.25, 0.3) is 0 Å². The van der Waals surface area contributed by atoms with Crippen LogP contribution < -0.4 is 0 Å². The average molecular weight is 250 g/mol. The first kappa shape index (κ1) is 13.0. The highest BCUT2D eigenvalue weighted by Crippen LogP contribution is 2.17. The summed E-state index contributed by atoms with van der Waals surface area (Å²) in [4.78, 5) is 19.6. The van der Waals surface area contributed by atoms with Crippen molar-refractivity contribution in [2.75, 3.05) is 13.2 Å². The number of carboxylic acid groups (broad SMARTS) is 1. The third-order valence-corrected chi connectivity index (χ3v) is 3.13. The average Bonchev–Trinajstić information content (AvgIpc) is 2.82. The van der Waals surface area contributed by atoms with Crippen molar-refractivity contribution < 1.29 is 14.6 Å². The molecule has 18 heavy (non-hydrogen) atoms. The van der Waals surface area contributed by atoms with E-state index in [0.29, 0.717) is 18.0 Å². The molecule has 2 rings (SSSR count). The van der Waals surface area contributed by atoms with Crippen molar-refractivity contribution in [2.24, 2.45) is 5.92 Å². The van der Waals surface area contributed by atoms with Crippen molar-refractivity contribution in [3.8, 4) is 0 Å². The molecule has 1 fully saturated rings. The number of rotatable bonds is 5. The molecule has 5 heteroatoms. The van der Waals surface area contributed by atoms with Crippen molar-refractivity contribution in [1.82, 2.24) is 9.97 Å². The second-order valence-electron chi connectivity index (χ2n) is 4.64. The van der Waals surface area contributed by atoms with E-state index < -0.39 is 5.97 Å². The first-order valence-electron chi connectivity index (χ1n) is 6.36. The fraction of sp³-hybridized carbons (Fsp3) is 0.615. The van der Waals surface area contributed by atoms with Crippen LogP contribution in [0, 0.1) is 5.92 Å². The Morgan fingerprint density at radius 2 is 2.44 bits per heavy atom. The zero-order valence-electron chi connectivity index (χ0n) is 10.6. The van der Waals surface area contributed by atoms with Gasteiger partial charge in [0.15, 0.2) is 0 Å². The molecule has 1 aliphatic heterocycles. The van der Waals surface area contributed by atoms with Gasteiger partial charge in [0.2, 0.25) is 0 Å². The number of nitrogens with zero attached hydrogens (tertiary/aromatic N) is 2. The van der Waals surface area contributed by atoms with Crippen molar-refractivity contribution in [3.05, 3.63) is 23.3 Å². The molecule has 0 spiro atoms. The van der Waals surface area contributed by atoms with Gasteiger partial charge in [0.05, 0.1) is 11.3 Å². The zero-order valence-corrected chi connectivity index (χ0v) is 10.6. The standard InChI is InChI=1S/C13H18N2O3/c1-2-3-11-10(13(16)17)7-14-12(15-11)6-9-4-5-18-8-9/h7,9H,2-6,8H2,1H3,(H,16,17). The Morgan fingerprint density at radius 3 is 3.06 bits per heavy atom. The predicted molar refractivity (Wildman–Crippen MR) is 65.6 cm³/mol. The number of carboxylic acids is 1. The molecule has 0 aliphatic carbocycles. The van der Waals surface area contributed by atoms with Crippen LogP contribution in [0.2, 0.25) is 0 Å². The third-order valence-electron chi connectivity index (χ3n) is 3.13. The summed E-state index contributed by atoms with van der Waals surface area (Å²) >= 11 is 0. The second kappa shape index (κ2) is 5.91. The molecule has 0 amide bonds. The predicted octanol–water partition coefficient (Wildman–Crippen LogP) is 1.71. The van der Waals surface area contributed by atoms with Gasteiger partial charge in [0, 0.05) is 25.8 Å². The molecular formula is C13H18N2O3. The zero-order chi connectivity index (χ0) is 13.0. The molecule has 0 radical (unpaired) electrons. The Balaban J connectivity index is 2.16. The normalized spacial score (nSPS) is 19.1. The van der Waals surface area contributed by atoms with E-state index in [-0.39, 0.29) is 5.56 Å². The minimum Gasteiger partial charge on any atom is -0.478 e. The molecule has 1 saturated heterocycles. The number of ether oxygens (including phenoxy) is 1. The number of aryl methyl sites for hydroxylation is 1. The molecule has 1 aromatic heterocycles. The van der Waals surface area contributed by atoms with Gasteiger partial charge >= 0.3 is 5.97 Å². The monoisotopic (exact) mass is 250 g/mol. The van der Waals surface area contributed by atoms with Gasteiger partial charge in [0.1, 0.15) is 5.82 Å². The number of aromatic carboxylic acids is 1. The maximum atomic E-state index is 11.1. The van der Waals surface area contributed by atoms with Gasteiger partial charge in [-0.3, -0.25) is 0 Å². The summed E-state index contributed by atoms with van der Waals surface area (Å²) < 4.78 is 5.32. The molecule has 2 heterocycles. The second-order valence-corrected chi connectivity index (χ2v) is 4.64. The summed E-state index contributed by atoms with van der Waals surface area (Å²) in [5.74, 6) is 0.253. The lowest BCUT2D eigenvalue weighted by atomic mass is 10.0. The largest absolute Gasteiger partial charge is 0.478 e. The molecule has 0 saturated carbocycles. The highest BCUT2D eigenvalue weighted by molar-refractivity contribution is 5.88. The molecule has 1 unspecified atom stereocenters. The summed E-state index contributed by atoms with van der Waals surface area (Å²) in [6, 6.07) is 0. The lowest BCUT2D eigenvalue weighted by Crippen LogP contribution is -2.12. The Labute approximate surface area is 106 Å². The molecule has 0 bridgehead atoms. The fourth-order valence-electron chi connectivity index (χ4n) is 2.17. The molecule has 1 aromatic rings. The summed E-state index contributed by atoms with van der Waals surface area (Å²) in [6.07, 6.45) is 4.80. The van der Waals surface area contributed by atoms with Crippen LogP contribution in [0.4, 0.5) is 0 Å². The van der Waals surface area contributed by atoms with Crippen molar-refractivity contribution >= 4 is 5.97 Å². The quantitative estimate of drug-likeness (QED) is 0.861. The topological polar surface area (TPSA) is 72.3 Å². The van der Waals surface area contributed by atoms with Crippen molar-refractivity contribution in [1.29, 1.82) is 0 Å². The van der Waals surface area contributed by atoms with E-state index >= 15 is 0 Å². The van der Waals surface area contributed by atoms with Crippen LogP contribution in [-0.2, 0) is 17.6 Å². The van der Waals surface area contributed by atoms with Crippen LogP contribution in [0.1, 0.15) is 41.6 Å². The Morgan fingerprint density at radius 1 is 1.61 bits per heavy atom. The maximum absolute atomic E-state index is 11.1. The van der Waals surface area contributed by atoms with Crippen LogP contribution in [0.15, 0.2) is 6.20 Å². The van der Waals surface area contributed by atoms with Crippen LogP contribution in [-0.4, -0.2) is 34.3 Å². The minimum absolute atomic E-state index is 0.225. The summed E-state index contributed by atoms with van der Waals surface area (Å²) in [6.45, 7) is 3.57. The van der Waals surface area contributed by atoms with E-state index in [4.69, 9.17) is 9.84 Å². The van der Waals surface area contributed by atoms with Gasteiger partial charge in [-0.05, 0) is 18.8 Å². The van der Waals surface area contributed by atoms with Crippen LogP contribution in [0.3, 0.4) is 0 Å². The highest BCUT2D eigenvalue weighted by Gasteiger charge is 2.19. The first-order chi connectivity index (χ1) is 8.70. The van der Waals surface area contributed by atoms with Crippen molar-refractivity contribution in [2.45, 2.75) is 32.6 Å². The summed E-state index contributed by atoms with van der Waals surface area (Å²) in [7, 11) is 0. The number of hydrogen-bond acceptors (Lipinski definition) is 4. The van der Waals surface area contributed by atoms with Crippen LogP contribution in [0.5, 0.6) is 0 Å². The molecule has 1 atom stereocenters. The third kappa shape index (κ3) is 3.04. The van der Waals surface area contributed by atoms with Gasteiger partial charge in [-0.25, -0.2) is 14.8 Å². The van der Waals surface area contributed by atoms with E-state index in [1.807, 2.05) is 6.92 Å². The molecule has 98 valence electrons. The van der Waals surface area contributed by atoms with E-state index in [2.05, 4.69) is 9.97 Å². The Hall–Kier alpha value is -1.49. The van der Waals surface area contributed by atoms with Gasteiger partial charge < -0.3 is 9.84 Å². The first-order valence-corrected chi connectivity index (χ1v) is 6.36. The van der Waals surface area contributed by atoms with Gasteiger partial charge in [-0.2, -0.15) is 0 Å². The number of carbonyl (C=O) groups is 1. The molecular weight excluding hydrogens is 232 g/mol. The Kier molecular flexibility index (Phi) is 4.25. The molecule has 0 aromatic carbocycles. The van der Waals surface area contributed by atoms with Gasteiger partial charge in [-0.15, -0.1) is 0 Å². The smallest absolute Gasteiger partial charge is 0.339 e. The van der Waals surface area contributed by atoms with Crippen molar-refractivity contribution in [3.63, 3.8) is 0 Å². The lowest BCUT2D eigenvalue weighted by molar-refractivity contribution is 0.0694. The summed E-state index contributed by atoms with van der Waals surface area (Å²) in [5, 5.41) is 9.07. The lowest BCUT2D eigenvalue weighted by Gasteiger charge is -2.09. The highest BCUT2D eigenvalue weighted by atomic mass is 16.5.